The Morgan fingerprint density at radius 2 is 1.89 bits per heavy atom. The van der Waals surface area contributed by atoms with Gasteiger partial charge >= 0.3 is 0 Å². The molecule has 28 heavy (non-hydrogen) atoms. The van der Waals surface area contributed by atoms with Crippen molar-refractivity contribution in [3.05, 3.63) is 64.4 Å². The van der Waals surface area contributed by atoms with Gasteiger partial charge in [-0.05, 0) is 49.7 Å². The molecule has 0 aliphatic carbocycles. The Hall–Kier alpha value is -2.49. The molecule has 2 aromatic heterocycles. The molecule has 0 unspecified atom stereocenters. The first-order valence-corrected chi connectivity index (χ1v) is 10.7. The second-order valence-electron chi connectivity index (χ2n) is 6.33. The Balaban J connectivity index is 1.49. The van der Waals surface area contributed by atoms with Gasteiger partial charge in [-0.25, -0.2) is 17.8 Å². The topological polar surface area (TPSA) is 102 Å². The molecule has 10 heteroatoms. The third kappa shape index (κ3) is 5.51. The molecule has 0 aliphatic rings. The highest BCUT2D eigenvalue weighted by Gasteiger charge is 2.11. The van der Waals surface area contributed by atoms with Gasteiger partial charge < -0.3 is 5.32 Å². The Labute approximate surface area is 169 Å². The van der Waals surface area contributed by atoms with Crippen LogP contribution in [0.1, 0.15) is 17.0 Å². The van der Waals surface area contributed by atoms with Crippen molar-refractivity contribution in [3.63, 3.8) is 0 Å². The molecule has 2 N–H and O–H groups in total. The van der Waals surface area contributed by atoms with Gasteiger partial charge in [-0.3, -0.25) is 0 Å². The van der Waals surface area contributed by atoms with Crippen molar-refractivity contribution in [2.75, 3.05) is 18.4 Å². The molecular weight excluding hydrogens is 400 g/mol. The zero-order chi connectivity index (χ0) is 20.1. The normalized spacial score (nSPS) is 11.5. The van der Waals surface area contributed by atoms with E-state index in [1.165, 1.54) is 0 Å². The van der Waals surface area contributed by atoms with Crippen LogP contribution in [0, 0.1) is 13.8 Å². The summed E-state index contributed by atoms with van der Waals surface area (Å²) >= 11 is 5.88. The molecule has 8 nitrogen and oxygen atoms in total. The molecule has 0 radical (unpaired) electrons. The molecule has 3 rings (SSSR count). The van der Waals surface area contributed by atoms with E-state index in [0.717, 1.165) is 11.4 Å². The SMILES string of the molecule is Cc1cc(C)n(-c2ccc(NCCNS(=O)(=O)Cc3cccc(Cl)c3)nn2)n1. The lowest BCUT2D eigenvalue weighted by Crippen LogP contribution is -2.30. The monoisotopic (exact) mass is 420 g/mol. The van der Waals surface area contributed by atoms with E-state index in [9.17, 15) is 8.42 Å². The van der Waals surface area contributed by atoms with Crippen LogP contribution in [-0.2, 0) is 15.8 Å². The molecule has 0 amide bonds. The number of halogens is 1. The number of nitrogens with one attached hydrogen (secondary N) is 2. The maximum absolute atomic E-state index is 12.1. The van der Waals surface area contributed by atoms with Crippen molar-refractivity contribution in [2.45, 2.75) is 19.6 Å². The summed E-state index contributed by atoms with van der Waals surface area (Å²) in [6, 6.07) is 12.3. The molecular formula is C18H21ClN6O2S. The predicted molar refractivity (Wildman–Crippen MR) is 109 cm³/mol. The van der Waals surface area contributed by atoms with Crippen LogP contribution in [0.2, 0.25) is 5.02 Å². The summed E-state index contributed by atoms with van der Waals surface area (Å²) in [4.78, 5) is 0. The molecule has 2 heterocycles. The van der Waals surface area contributed by atoms with Crippen molar-refractivity contribution in [3.8, 4) is 5.82 Å². The van der Waals surface area contributed by atoms with E-state index < -0.39 is 10.0 Å². The van der Waals surface area contributed by atoms with Crippen LogP contribution >= 0.6 is 11.6 Å². The number of aryl methyl sites for hydroxylation is 2. The molecule has 0 aliphatic heterocycles. The number of aromatic nitrogens is 4. The van der Waals surface area contributed by atoms with E-state index in [-0.39, 0.29) is 12.3 Å². The number of sulfonamides is 1. The van der Waals surface area contributed by atoms with E-state index in [4.69, 9.17) is 11.6 Å². The molecule has 0 fully saturated rings. The van der Waals surface area contributed by atoms with Crippen molar-refractivity contribution in [2.24, 2.45) is 0 Å². The first-order chi connectivity index (χ1) is 13.3. The molecule has 3 aromatic rings. The van der Waals surface area contributed by atoms with E-state index in [2.05, 4.69) is 25.3 Å². The van der Waals surface area contributed by atoms with Crippen LogP contribution in [-0.4, -0.2) is 41.5 Å². The Morgan fingerprint density at radius 3 is 2.54 bits per heavy atom. The van der Waals surface area contributed by atoms with Gasteiger partial charge in [-0.2, -0.15) is 5.10 Å². The zero-order valence-corrected chi connectivity index (χ0v) is 17.1. The molecule has 0 atom stereocenters. The summed E-state index contributed by atoms with van der Waals surface area (Å²) in [7, 11) is -3.45. The summed E-state index contributed by atoms with van der Waals surface area (Å²) in [6.45, 7) is 4.47. The summed E-state index contributed by atoms with van der Waals surface area (Å²) in [5, 5.41) is 16.2. The third-order valence-corrected chi connectivity index (χ3v) is 5.47. The van der Waals surface area contributed by atoms with Crippen LogP contribution in [0.3, 0.4) is 0 Å². The second-order valence-corrected chi connectivity index (χ2v) is 8.57. The maximum atomic E-state index is 12.1. The number of anilines is 1. The minimum absolute atomic E-state index is 0.120. The number of hydrogen-bond donors (Lipinski definition) is 2. The lowest BCUT2D eigenvalue weighted by Gasteiger charge is -2.09. The highest BCUT2D eigenvalue weighted by Crippen LogP contribution is 2.13. The van der Waals surface area contributed by atoms with Gasteiger partial charge in [-0.1, -0.05) is 23.7 Å². The fourth-order valence-electron chi connectivity index (χ4n) is 2.69. The zero-order valence-electron chi connectivity index (χ0n) is 15.6. The number of benzene rings is 1. The minimum atomic E-state index is -3.45. The van der Waals surface area contributed by atoms with Crippen molar-refractivity contribution < 1.29 is 8.42 Å². The number of rotatable bonds is 8. The van der Waals surface area contributed by atoms with E-state index in [1.54, 1.807) is 41.1 Å². The van der Waals surface area contributed by atoms with Gasteiger partial charge in [-0.15, -0.1) is 10.2 Å². The number of hydrogen-bond acceptors (Lipinski definition) is 6. The lowest BCUT2D eigenvalue weighted by atomic mass is 10.2. The van der Waals surface area contributed by atoms with Crippen LogP contribution in [0.4, 0.5) is 5.82 Å². The van der Waals surface area contributed by atoms with Crippen molar-refractivity contribution in [1.82, 2.24) is 24.7 Å². The Kier molecular flexibility index (Phi) is 6.28. The molecule has 0 spiro atoms. The van der Waals surface area contributed by atoms with Gasteiger partial charge in [0.2, 0.25) is 10.0 Å². The van der Waals surface area contributed by atoms with Gasteiger partial charge in [0.1, 0.15) is 5.82 Å². The molecule has 1 aromatic carbocycles. The summed E-state index contributed by atoms with van der Waals surface area (Å²) in [5.74, 6) is 1.06. The van der Waals surface area contributed by atoms with Crippen molar-refractivity contribution >= 4 is 27.4 Å². The Bertz CT molecular complexity index is 1050. The van der Waals surface area contributed by atoms with Crippen LogP contribution in [0.25, 0.3) is 5.82 Å². The molecule has 148 valence electrons. The maximum Gasteiger partial charge on any atom is 0.215 e. The number of nitrogens with zero attached hydrogens (tertiary/aromatic N) is 4. The summed E-state index contributed by atoms with van der Waals surface area (Å²) in [6.07, 6.45) is 0. The fraction of sp³-hybridized carbons (Fsp3) is 0.278. The van der Waals surface area contributed by atoms with Gasteiger partial charge in [0.15, 0.2) is 5.82 Å². The second kappa shape index (κ2) is 8.68. The van der Waals surface area contributed by atoms with Crippen molar-refractivity contribution in [1.29, 1.82) is 0 Å². The van der Waals surface area contributed by atoms with Crippen LogP contribution in [0.5, 0.6) is 0 Å². The van der Waals surface area contributed by atoms with Gasteiger partial charge in [0, 0.05) is 23.8 Å². The molecule has 0 saturated carbocycles. The van der Waals surface area contributed by atoms with E-state index in [1.807, 2.05) is 19.9 Å². The van der Waals surface area contributed by atoms with Gasteiger partial charge in [0.25, 0.3) is 0 Å². The van der Waals surface area contributed by atoms with E-state index >= 15 is 0 Å². The standard InChI is InChI=1S/C18H21ClN6O2S/c1-13-10-14(2)25(24-13)18-7-6-17(22-23-18)20-8-9-21-28(26,27)12-15-4-3-5-16(19)11-15/h3-7,10-11,21H,8-9,12H2,1-2H3,(H,20,22). The Morgan fingerprint density at radius 1 is 1.07 bits per heavy atom. The third-order valence-electron chi connectivity index (χ3n) is 3.88. The van der Waals surface area contributed by atoms with Crippen LogP contribution < -0.4 is 10.0 Å². The van der Waals surface area contributed by atoms with Gasteiger partial charge in [0.05, 0.1) is 11.4 Å². The lowest BCUT2D eigenvalue weighted by molar-refractivity contribution is 0.582. The minimum Gasteiger partial charge on any atom is -0.367 e. The highest BCUT2D eigenvalue weighted by molar-refractivity contribution is 7.88. The summed E-state index contributed by atoms with van der Waals surface area (Å²) in [5.41, 5.74) is 2.52. The van der Waals surface area contributed by atoms with E-state index in [0.29, 0.717) is 28.8 Å². The predicted octanol–water partition coefficient (Wildman–Crippen LogP) is 2.46. The fourth-order valence-corrected chi connectivity index (χ4v) is 4.03. The van der Waals surface area contributed by atoms with Crippen LogP contribution in [0.15, 0.2) is 42.5 Å². The first-order valence-electron chi connectivity index (χ1n) is 8.65. The highest BCUT2D eigenvalue weighted by atomic mass is 35.5. The summed E-state index contributed by atoms with van der Waals surface area (Å²) < 4.78 is 28.5. The quantitative estimate of drug-likeness (QED) is 0.543. The smallest absolute Gasteiger partial charge is 0.215 e. The first kappa shape index (κ1) is 20.2. The molecule has 0 bridgehead atoms. The molecule has 0 saturated heterocycles. The average Bonchev–Trinajstić information content (AvgIpc) is 2.97. The largest absolute Gasteiger partial charge is 0.367 e. The average molecular weight is 421 g/mol.